The summed E-state index contributed by atoms with van der Waals surface area (Å²) in [6, 6.07) is 14.7. The number of amides is 1. The van der Waals surface area contributed by atoms with Crippen LogP contribution in [0.3, 0.4) is 0 Å². The number of aromatic amines is 1. The van der Waals surface area contributed by atoms with Crippen LogP contribution in [0.15, 0.2) is 53.3 Å². The number of para-hydroxylation sites is 1. The largest absolute Gasteiger partial charge is 0.326 e. The van der Waals surface area contributed by atoms with Gasteiger partial charge in [0.15, 0.2) is 0 Å². The topological polar surface area (TPSA) is 74.8 Å². The van der Waals surface area contributed by atoms with E-state index in [1.54, 1.807) is 18.2 Å². The maximum absolute atomic E-state index is 12.0. The van der Waals surface area contributed by atoms with Crippen LogP contribution < -0.4 is 10.9 Å². The van der Waals surface area contributed by atoms with Crippen molar-refractivity contribution in [3.8, 4) is 0 Å². The van der Waals surface area contributed by atoms with Crippen LogP contribution in [0.4, 0.5) is 5.69 Å². The fourth-order valence-electron chi connectivity index (χ4n) is 2.24. The summed E-state index contributed by atoms with van der Waals surface area (Å²) >= 11 is 2.21. The molecule has 0 aliphatic rings. The molecular formula is C17H14IN3O2. The molecule has 0 aliphatic heterocycles. The van der Waals surface area contributed by atoms with Crippen molar-refractivity contribution in [1.29, 1.82) is 0 Å². The number of aromatic nitrogens is 2. The number of halogens is 1. The summed E-state index contributed by atoms with van der Waals surface area (Å²) in [5.41, 5.74) is 1.23. The molecule has 0 atom stereocenters. The van der Waals surface area contributed by atoms with E-state index in [4.69, 9.17) is 0 Å². The summed E-state index contributed by atoms with van der Waals surface area (Å²) in [5, 5.41) is 3.38. The number of hydrogen-bond acceptors (Lipinski definition) is 3. The smallest absolute Gasteiger partial charge is 0.258 e. The highest BCUT2D eigenvalue weighted by atomic mass is 127. The van der Waals surface area contributed by atoms with Gasteiger partial charge in [-0.2, -0.15) is 0 Å². The van der Waals surface area contributed by atoms with Gasteiger partial charge in [0.25, 0.3) is 5.56 Å². The SMILES string of the molecule is O=C(CCc1nc2ccccc2c(=O)[nH]1)Nc1ccc(I)cc1. The van der Waals surface area contributed by atoms with E-state index in [2.05, 4.69) is 37.9 Å². The maximum atomic E-state index is 12.0. The molecule has 1 aromatic heterocycles. The lowest BCUT2D eigenvalue weighted by Crippen LogP contribution is -2.16. The Kier molecular flexibility index (Phi) is 4.71. The van der Waals surface area contributed by atoms with Crippen LogP contribution in [0, 0.1) is 3.57 Å². The normalized spacial score (nSPS) is 10.7. The Balaban J connectivity index is 1.67. The van der Waals surface area contributed by atoms with Gasteiger partial charge in [-0.15, -0.1) is 0 Å². The second-order valence-corrected chi connectivity index (χ2v) is 6.33. The van der Waals surface area contributed by atoms with Gasteiger partial charge < -0.3 is 10.3 Å². The van der Waals surface area contributed by atoms with Gasteiger partial charge >= 0.3 is 0 Å². The van der Waals surface area contributed by atoms with E-state index in [1.807, 2.05) is 30.3 Å². The molecule has 5 nitrogen and oxygen atoms in total. The van der Waals surface area contributed by atoms with E-state index in [0.29, 0.717) is 23.1 Å². The van der Waals surface area contributed by atoms with Crippen LogP contribution >= 0.6 is 22.6 Å². The summed E-state index contributed by atoms with van der Waals surface area (Å²) in [7, 11) is 0. The van der Waals surface area contributed by atoms with Crippen LogP contribution in [0.25, 0.3) is 10.9 Å². The number of carbonyl (C=O) groups is 1. The highest BCUT2D eigenvalue weighted by Gasteiger charge is 2.07. The number of benzene rings is 2. The summed E-state index contributed by atoms with van der Waals surface area (Å²) in [4.78, 5) is 31.1. The molecule has 0 fully saturated rings. The fraction of sp³-hybridized carbons (Fsp3) is 0.118. The quantitative estimate of drug-likeness (QED) is 0.639. The predicted molar refractivity (Wildman–Crippen MR) is 98.5 cm³/mol. The first-order valence-corrected chi connectivity index (χ1v) is 8.23. The molecule has 0 radical (unpaired) electrons. The summed E-state index contributed by atoms with van der Waals surface area (Å²) in [6.45, 7) is 0. The molecule has 0 unspecified atom stereocenters. The van der Waals surface area contributed by atoms with Crippen molar-refractivity contribution in [2.45, 2.75) is 12.8 Å². The lowest BCUT2D eigenvalue weighted by molar-refractivity contribution is -0.116. The second-order valence-electron chi connectivity index (χ2n) is 5.08. The Morgan fingerprint density at radius 2 is 1.87 bits per heavy atom. The number of fused-ring (bicyclic) bond motifs is 1. The molecule has 3 rings (SSSR count). The first kappa shape index (κ1) is 15.7. The Labute approximate surface area is 146 Å². The summed E-state index contributed by atoms with van der Waals surface area (Å²) in [5.74, 6) is 0.411. The molecule has 0 aliphatic carbocycles. The van der Waals surface area contributed by atoms with Gasteiger partial charge in [0, 0.05) is 22.1 Å². The summed E-state index contributed by atoms with van der Waals surface area (Å²) in [6.07, 6.45) is 0.642. The van der Waals surface area contributed by atoms with E-state index < -0.39 is 0 Å². The van der Waals surface area contributed by atoms with Crippen molar-refractivity contribution >= 4 is 45.1 Å². The molecule has 2 aromatic carbocycles. The molecule has 0 spiro atoms. The lowest BCUT2D eigenvalue weighted by Gasteiger charge is -2.06. The van der Waals surface area contributed by atoms with Gasteiger partial charge in [0.1, 0.15) is 5.82 Å². The van der Waals surface area contributed by atoms with E-state index in [9.17, 15) is 9.59 Å². The number of rotatable bonds is 4. The molecule has 23 heavy (non-hydrogen) atoms. The fourth-order valence-corrected chi connectivity index (χ4v) is 2.60. The van der Waals surface area contributed by atoms with E-state index in [0.717, 1.165) is 9.26 Å². The third-order valence-corrected chi connectivity index (χ3v) is 4.10. The summed E-state index contributed by atoms with van der Waals surface area (Å²) < 4.78 is 1.11. The zero-order chi connectivity index (χ0) is 16.2. The minimum Gasteiger partial charge on any atom is -0.326 e. The van der Waals surface area contributed by atoms with Gasteiger partial charge in [-0.05, 0) is 59.0 Å². The van der Waals surface area contributed by atoms with E-state index in [1.165, 1.54) is 0 Å². The van der Waals surface area contributed by atoms with E-state index in [-0.39, 0.29) is 17.9 Å². The minimum atomic E-state index is -0.177. The Morgan fingerprint density at radius 1 is 1.13 bits per heavy atom. The number of nitrogens with one attached hydrogen (secondary N) is 2. The van der Waals surface area contributed by atoms with Gasteiger partial charge in [0.05, 0.1) is 10.9 Å². The molecule has 6 heteroatoms. The third kappa shape index (κ3) is 3.95. The molecule has 1 amide bonds. The van der Waals surface area contributed by atoms with E-state index >= 15 is 0 Å². The molecule has 1 heterocycles. The average Bonchev–Trinajstić information content (AvgIpc) is 2.55. The number of aryl methyl sites for hydroxylation is 1. The third-order valence-electron chi connectivity index (χ3n) is 3.38. The number of H-pyrrole nitrogens is 1. The molecule has 0 saturated heterocycles. The highest BCUT2D eigenvalue weighted by Crippen LogP contribution is 2.12. The van der Waals surface area contributed by atoms with Crippen LogP contribution in [-0.4, -0.2) is 15.9 Å². The van der Waals surface area contributed by atoms with Gasteiger partial charge in [0.2, 0.25) is 5.91 Å². The van der Waals surface area contributed by atoms with Crippen molar-refractivity contribution in [3.05, 3.63) is 68.3 Å². The number of hydrogen-bond donors (Lipinski definition) is 2. The zero-order valence-electron chi connectivity index (χ0n) is 12.2. The molecular weight excluding hydrogens is 405 g/mol. The highest BCUT2D eigenvalue weighted by molar-refractivity contribution is 14.1. The first-order chi connectivity index (χ1) is 11.1. The maximum Gasteiger partial charge on any atom is 0.258 e. The second kappa shape index (κ2) is 6.91. The Bertz CT molecular complexity index is 904. The molecule has 3 aromatic rings. The van der Waals surface area contributed by atoms with Crippen LogP contribution in [0.5, 0.6) is 0 Å². The zero-order valence-corrected chi connectivity index (χ0v) is 14.3. The monoisotopic (exact) mass is 419 g/mol. The van der Waals surface area contributed by atoms with Crippen molar-refractivity contribution in [2.24, 2.45) is 0 Å². The van der Waals surface area contributed by atoms with Gasteiger partial charge in [-0.1, -0.05) is 12.1 Å². The van der Waals surface area contributed by atoms with Crippen molar-refractivity contribution in [3.63, 3.8) is 0 Å². The molecule has 0 saturated carbocycles. The minimum absolute atomic E-state index is 0.109. The van der Waals surface area contributed by atoms with Crippen LogP contribution in [0.1, 0.15) is 12.2 Å². The first-order valence-electron chi connectivity index (χ1n) is 7.15. The van der Waals surface area contributed by atoms with Crippen LogP contribution in [0.2, 0.25) is 0 Å². The number of nitrogens with zero attached hydrogens (tertiary/aromatic N) is 1. The molecule has 0 bridgehead atoms. The Morgan fingerprint density at radius 3 is 2.65 bits per heavy atom. The standard InChI is InChI=1S/C17H14IN3O2/c18-11-5-7-12(8-6-11)19-16(22)10-9-15-20-14-4-2-1-3-13(14)17(23)21-15/h1-8H,9-10H2,(H,19,22)(H,20,21,23). The predicted octanol–water partition coefficient (Wildman–Crippen LogP) is 3.10. The average molecular weight is 419 g/mol. The molecule has 2 N–H and O–H groups in total. The van der Waals surface area contributed by atoms with Gasteiger partial charge in [-0.25, -0.2) is 4.98 Å². The van der Waals surface area contributed by atoms with Crippen molar-refractivity contribution in [1.82, 2.24) is 9.97 Å². The van der Waals surface area contributed by atoms with Crippen molar-refractivity contribution < 1.29 is 4.79 Å². The lowest BCUT2D eigenvalue weighted by atomic mass is 10.2. The van der Waals surface area contributed by atoms with Crippen LogP contribution in [-0.2, 0) is 11.2 Å². The van der Waals surface area contributed by atoms with Gasteiger partial charge in [-0.3, -0.25) is 9.59 Å². The molecule has 116 valence electrons. The number of anilines is 1. The van der Waals surface area contributed by atoms with Crippen molar-refractivity contribution in [2.75, 3.05) is 5.32 Å². The Hall–Kier alpha value is -2.22. The number of carbonyl (C=O) groups excluding carboxylic acids is 1.